The standard InChI is InChI=1S/C14H24O3/c1-2-3-4-5-6-7-11-8-9-13(16)14(17)12(11)10-15/h4-7,11-17H,2-3,8-10H2,1H3/b5-4+,7-6-/t11-,12-,13+,14+/m1/s1. The zero-order valence-electron chi connectivity index (χ0n) is 10.5. The number of hydrogen-bond acceptors (Lipinski definition) is 3. The first-order chi connectivity index (χ1) is 8.20. The summed E-state index contributed by atoms with van der Waals surface area (Å²) >= 11 is 0. The Hall–Kier alpha value is -0.640. The highest BCUT2D eigenvalue weighted by molar-refractivity contribution is 5.07. The minimum Gasteiger partial charge on any atom is -0.396 e. The Morgan fingerprint density at radius 1 is 1.18 bits per heavy atom. The number of rotatable bonds is 5. The van der Waals surface area contributed by atoms with Crippen LogP contribution in [0.25, 0.3) is 0 Å². The highest BCUT2D eigenvalue weighted by Crippen LogP contribution is 2.31. The lowest BCUT2D eigenvalue weighted by molar-refractivity contribution is -0.0733. The maximum Gasteiger partial charge on any atom is 0.0854 e. The zero-order chi connectivity index (χ0) is 12.7. The molecular weight excluding hydrogens is 216 g/mol. The first-order valence-electron chi connectivity index (χ1n) is 6.51. The molecule has 4 atom stereocenters. The SMILES string of the molecule is CCC/C=C/C=C\[C@@H]1CC[C@H](O)[C@@H](O)[C@@H]1CO. The summed E-state index contributed by atoms with van der Waals surface area (Å²) in [5, 5.41) is 28.6. The van der Waals surface area contributed by atoms with Gasteiger partial charge in [0, 0.05) is 12.5 Å². The highest BCUT2D eigenvalue weighted by atomic mass is 16.3. The molecule has 1 aliphatic rings. The Balaban J connectivity index is 2.51. The fraction of sp³-hybridized carbons (Fsp3) is 0.714. The van der Waals surface area contributed by atoms with Crippen LogP contribution in [-0.2, 0) is 0 Å². The molecule has 0 aromatic carbocycles. The summed E-state index contributed by atoms with van der Waals surface area (Å²) in [7, 11) is 0. The van der Waals surface area contributed by atoms with Crippen LogP contribution in [-0.4, -0.2) is 34.1 Å². The molecule has 0 aromatic heterocycles. The van der Waals surface area contributed by atoms with Crippen molar-refractivity contribution in [3.63, 3.8) is 0 Å². The summed E-state index contributed by atoms with van der Waals surface area (Å²) in [6.45, 7) is 2.06. The van der Waals surface area contributed by atoms with Gasteiger partial charge in [-0.3, -0.25) is 0 Å². The van der Waals surface area contributed by atoms with Crippen molar-refractivity contribution in [2.45, 2.75) is 44.8 Å². The van der Waals surface area contributed by atoms with Gasteiger partial charge >= 0.3 is 0 Å². The van der Waals surface area contributed by atoms with Crippen LogP contribution < -0.4 is 0 Å². The number of aliphatic hydroxyl groups is 3. The smallest absolute Gasteiger partial charge is 0.0854 e. The van der Waals surface area contributed by atoms with Gasteiger partial charge in [0.2, 0.25) is 0 Å². The Morgan fingerprint density at radius 3 is 2.59 bits per heavy atom. The molecule has 0 radical (unpaired) electrons. The van der Waals surface area contributed by atoms with Gasteiger partial charge in [-0.25, -0.2) is 0 Å². The summed E-state index contributed by atoms with van der Waals surface area (Å²) in [6.07, 6.45) is 10.3. The third-order valence-electron chi connectivity index (χ3n) is 3.45. The molecule has 3 heteroatoms. The molecule has 0 bridgehead atoms. The fourth-order valence-electron chi connectivity index (χ4n) is 2.32. The third-order valence-corrected chi connectivity index (χ3v) is 3.45. The summed E-state index contributed by atoms with van der Waals surface area (Å²) in [4.78, 5) is 0. The predicted molar refractivity (Wildman–Crippen MR) is 68.5 cm³/mol. The van der Waals surface area contributed by atoms with Gasteiger partial charge in [0.15, 0.2) is 0 Å². The van der Waals surface area contributed by atoms with E-state index in [0.29, 0.717) is 6.42 Å². The molecule has 0 unspecified atom stereocenters. The number of aliphatic hydroxyl groups excluding tert-OH is 3. The molecule has 98 valence electrons. The zero-order valence-corrected chi connectivity index (χ0v) is 10.5. The molecular formula is C14H24O3. The van der Waals surface area contributed by atoms with Crippen LogP contribution >= 0.6 is 0 Å². The first-order valence-corrected chi connectivity index (χ1v) is 6.51. The molecule has 0 aromatic rings. The lowest BCUT2D eigenvalue weighted by Gasteiger charge is -2.36. The second-order valence-electron chi connectivity index (χ2n) is 4.75. The molecule has 1 saturated carbocycles. The monoisotopic (exact) mass is 240 g/mol. The quantitative estimate of drug-likeness (QED) is 0.640. The average Bonchev–Trinajstić information content (AvgIpc) is 2.33. The van der Waals surface area contributed by atoms with Gasteiger partial charge in [0.25, 0.3) is 0 Å². The van der Waals surface area contributed by atoms with E-state index >= 15 is 0 Å². The molecule has 0 spiro atoms. The van der Waals surface area contributed by atoms with Crippen molar-refractivity contribution in [2.24, 2.45) is 11.8 Å². The van der Waals surface area contributed by atoms with E-state index in [9.17, 15) is 15.3 Å². The molecule has 17 heavy (non-hydrogen) atoms. The van der Waals surface area contributed by atoms with Gasteiger partial charge in [-0.1, -0.05) is 37.6 Å². The van der Waals surface area contributed by atoms with Gasteiger partial charge < -0.3 is 15.3 Å². The lowest BCUT2D eigenvalue weighted by Crippen LogP contribution is -2.43. The Morgan fingerprint density at radius 2 is 1.94 bits per heavy atom. The van der Waals surface area contributed by atoms with Crippen LogP contribution in [0.3, 0.4) is 0 Å². The first kappa shape index (κ1) is 14.4. The lowest BCUT2D eigenvalue weighted by atomic mass is 9.76. The summed E-state index contributed by atoms with van der Waals surface area (Å²) in [5.74, 6) is -0.0840. The summed E-state index contributed by atoms with van der Waals surface area (Å²) < 4.78 is 0. The second-order valence-corrected chi connectivity index (χ2v) is 4.75. The van der Waals surface area contributed by atoms with E-state index in [1.54, 1.807) is 0 Å². The van der Waals surface area contributed by atoms with Crippen molar-refractivity contribution in [3.8, 4) is 0 Å². The van der Waals surface area contributed by atoms with Crippen LogP contribution in [0, 0.1) is 11.8 Å². The Bertz CT molecular complexity index is 260. The van der Waals surface area contributed by atoms with Crippen LogP contribution in [0.5, 0.6) is 0 Å². The van der Waals surface area contributed by atoms with Crippen LogP contribution in [0.2, 0.25) is 0 Å². The number of hydrogen-bond donors (Lipinski definition) is 3. The van der Waals surface area contributed by atoms with E-state index in [0.717, 1.165) is 19.3 Å². The largest absolute Gasteiger partial charge is 0.396 e. The maximum atomic E-state index is 9.79. The third kappa shape index (κ3) is 4.26. The number of unbranched alkanes of at least 4 members (excludes halogenated alkanes) is 1. The van der Waals surface area contributed by atoms with Crippen molar-refractivity contribution in [1.82, 2.24) is 0 Å². The normalized spacial score (nSPS) is 34.8. The van der Waals surface area contributed by atoms with E-state index in [1.165, 1.54) is 0 Å². The highest BCUT2D eigenvalue weighted by Gasteiger charge is 2.35. The van der Waals surface area contributed by atoms with E-state index in [4.69, 9.17) is 0 Å². The van der Waals surface area contributed by atoms with Crippen LogP contribution in [0.1, 0.15) is 32.6 Å². The molecule has 1 rings (SSSR count). The van der Waals surface area contributed by atoms with Gasteiger partial charge in [0.1, 0.15) is 0 Å². The minimum atomic E-state index is -0.803. The number of allylic oxidation sites excluding steroid dienone is 4. The van der Waals surface area contributed by atoms with Crippen LogP contribution in [0.15, 0.2) is 24.3 Å². The minimum absolute atomic E-state index is 0.0775. The van der Waals surface area contributed by atoms with E-state index in [2.05, 4.69) is 13.0 Å². The predicted octanol–water partition coefficient (Wildman–Crippen LogP) is 1.64. The van der Waals surface area contributed by atoms with Crippen molar-refractivity contribution >= 4 is 0 Å². The summed E-state index contributed by atoms with van der Waals surface area (Å²) in [5.41, 5.74) is 0. The molecule has 3 nitrogen and oxygen atoms in total. The van der Waals surface area contributed by atoms with Gasteiger partial charge in [0.05, 0.1) is 12.2 Å². The molecule has 1 aliphatic carbocycles. The van der Waals surface area contributed by atoms with E-state index in [-0.39, 0.29) is 18.4 Å². The second kappa shape index (κ2) is 7.64. The molecule has 3 N–H and O–H groups in total. The maximum absolute atomic E-state index is 9.79. The van der Waals surface area contributed by atoms with Crippen molar-refractivity contribution in [2.75, 3.05) is 6.61 Å². The fourth-order valence-corrected chi connectivity index (χ4v) is 2.32. The summed E-state index contributed by atoms with van der Waals surface area (Å²) in [6, 6.07) is 0. The molecule has 1 fully saturated rings. The van der Waals surface area contributed by atoms with Gasteiger partial charge in [-0.2, -0.15) is 0 Å². The van der Waals surface area contributed by atoms with Gasteiger partial charge in [-0.05, 0) is 25.2 Å². The Kier molecular flexibility index (Phi) is 6.48. The molecule has 0 saturated heterocycles. The van der Waals surface area contributed by atoms with E-state index < -0.39 is 12.2 Å². The van der Waals surface area contributed by atoms with Crippen molar-refractivity contribution in [1.29, 1.82) is 0 Å². The molecule has 0 heterocycles. The van der Waals surface area contributed by atoms with Crippen molar-refractivity contribution in [3.05, 3.63) is 24.3 Å². The Labute approximate surface area is 103 Å². The average molecular weight is 240 g/mol. The van der Waals surface area contributed by atoms with E-state index in [1.807, 2.05) is 18.2 Å². The van der Waals surface area contributed by atoms with Gasteiger partial charge in [-0.15, -0.1) is 0 Å². The van der Waals surface area contributed by atoms with Crippen LogP contribution in [0.4, 0.5) is 0 Å². The van der Waals surface area contributed by atoms with Crippen molar-refractivity contribution < 1.29 is 15.3 Å². The molecule has 0 amide bonds. The molecule has 0 aliphatic heterocycles. The topological polar surface area (TPSA) is 60.7 Å².